The largest absolute Gasteiger partial charge is 0.377 e. The summed E-state index contributed by atoms with van der Waals surface area (Å²) in [4.78, 5) is 13.7. The summed E-state index contributed by atoms with van der Waals surface area (Å²) in [6, 6.07) is 2.05. The normalized spacial score (nSPS) is 21.2. The zero-order valence-corrected chi connectivity index (χ0v) is 11.2. The lowest BCUT2D eigenvalue weighted by atomic mass is 10.1. The second kappa shape index (κ2) is 4.76. The minimum Gasteiger partial charge on any atom is -0.377 e. The van der Waals surface area contributed by atoms with Crippen LogP contribution in [-0.2, 0) is 9.53 Å². The third kappa shape index (κ3) is 2.68. The summed E-state index contributed by atoms with van der Waals surface area (Å²) in [5, 5.41) is 7.33. The number of hydrogen-bond acceptors (Lipinski definition) is 4. The smallest absolute Gasteiger partial charge is 0.238 e. The predicted molar refractivity (Wildman–Crippen MR) is 67.9 cm³/mol. The Bertz CT molecular complexity index is 389. The summed E-state index contributed by atoms with van der Waals surface area (Å²) in [6.07, 6.45) is -0.0109. The van der Waals surface area contributed by atoms with Crippen molar-refractivity contribution in [3.8, 4) is 0 Å². The molecule has 4 nitrogen and oxygen atoms in total. The molecule has 1 saturated heterocycles. The van der Waals surface area contributed by atoms with Gasteiger partial charge in [-0.05, 0) is 36.2 Å². The molecule has 1 aliphatic heterocycles. The Kier molecular flexibility index (Phi) is 3.51. The van der Waals surface area contributed by atoms with E-state index in [-0.39, 0.29) is 17.7 Å². The van der Waals surface area contributed by atoms with Crippen molar-refractivity contribution in [2.75, 3.05) is 20.2 Å². The van der Waals surface area contributed by atoms with Gasteiger partial charge in [-0.3, -0.25) is 10.1 Å². The molecule has 1 N–H and O–H groups in total. The molecule has 1 aromatic rings. The first-order valence-electron chi connectivity index (χ1n) is 5.63. The molecule has 2 heterocycles. The van der Waals surface area contributed by atoms with Crippen LogP contribution in [0.5, 0.6) is 0 Å². The van der Waals surface area contributed by atoms with E-state index in [2.05, 4.69) is 10.7 Å². The van der Waals surface area contributed by atoms with Gasteiger partial charge in [-0.25, -0.2) is 0 Å². The van der Waals surface area contributed by atoms with Crippen LogP contribution in [0.3, 0.4) is 0 Å². The lowest BCUT2D eigenvalue weighted by Crippen LogP contribution is -2.42. The average Bonchev–Trinajstić information content (AvgIpc) is 2.90. The fraction of sp³-hybridized carbons (Fsp3) is 0.583. The summed E-state index contributed by atoms with van der Waals surface area (Å²) in [6.45, 7) is 4.97. The number of amides is 1. The van der Waals surface area contributed by atoms with Crippen LogP contribution in [0.1, 0.15) is 25.6 Å². The molecule has 1 aromatic heterocycles. The van der Waals surface area contributed by atoms with E-state index in [0.717, 1.165) is 5.56 Å². The summed E-state index contributed by atoms with van der Waals surface area (Å²) >= 11 is 1.64. The second-order valence-corrected chi connectivity index (χ2v) is 5.61. The van der Waals surface area contributed by atoms with Gasteiger partial charge < -0.3 is 9.64 Å². The topological polar surface area (TPSA) is 41.6 Å². The first kappa shape index (κ1) is 12.5. The summed E-state index contributed by atoms with van der Waals surface area (Å²) in [7, 11) is 1.67. The van der Waals surface area contributed by atoms with Crippen molar-refractivity contribution >= 4 is 17.2 Å². The lowest BCUT2D eigenvalue weighted by Gasteiger charge is -2.32. The van der Waals surface area contributed by atoms with E-state index in [1.54, 1.807) is 18.4 Å². The monoisotopic (exact) mass is 254 g/mol. The SMILES string of the molecule is COC(C)(C)CN1C(=O)CNC1c1ccsc1. The highest BCUT2D eigenvalue weighted by Crippen LogP contribution is 2.26. The standard InChI is InChI=1S/C12H18N2O2S/c1-12(2,16-3)8-14-10(15)6-13-11(14)9-4-5-17-7-9/h4-5,7,11,13H,6,8H2,1-3H3. The fourth-order valence-electron chi connectivity index (χ4n) is 1.92. The molecular weight excluding hydrogens is 236 g/mol. The van der Waals surface area contributed by atoms with Crippen molar-refractivity contribution < 1.29 is 9.53 Å². The van der Waals surface area contributed by atoms with Crippen molar-refractivity contribution in [2.45, 2.75) is 25.6 Å². The Morgan fingerprint density at radius 2 is 2.41 bits per heavy atom. The summed E-state index contributed by atoms with van der Waals surface area (Å²) in [5.41, 5.74) is 0.823. The van der Waals surface area contributed by atoms with Gasteiger partial charge in [-0.2, -0.15) is 11.3 Å². The fourth-order valence-corrected chi connectivity index (χ4v) is 2.60. The molecule has 1 aliphatic rings. The number of ether oxygens (including phenoxy) is 1. The lowest BCUT2D eigenvalue weighted by molar-refractivity contribution is -0.131. The Balaban J connectivity index is 2.15. The van der Waals surface area contributed by atoms with Gasteiger partial charge in [-0.15, -0.1) is 0 Å². The van der Waals surface area contributed by atoms with E-state index in [4.69, 9.17) is 4.74 Å². The third-order valence-corrected chi connectivity index (χ3v) is 3.74. The van der Waals surface area contributed by atoms with Gasteiger partial charge in [0.25, 0.3) is 0 Å². The Morgan fingerprint density at radius 3 is 3.00 bits per heavy atom. The molecule has 0 spiro atoms. The zero-order chi connectivity index (χ0) is 12.5. The van der Waals surface area contributed by atoms with E-state index in [1.807, 2.05) is 30.2 Å². The summed E-state index contributed by atoms with van der Waals surface area (Å²) in [5.74, 6) is 0.131. The number of carbonyl (C=O) groups is 1. The molecule has 94 valence electrons. The number of thiophene rings is 1. The number of nitrogens with one attached hydrogen (secondary N) is 1. The van der Waals surface area contributed by atoms with Gasteiger partial charge in [0.05, 0.1) is 18.7 Å². The van der Waals surface area contributed by atoms with Crippen LogP contribution in [0.2, 0.25) is 0 Å². The van der Waals surface area contributed by atoms with Gasteiger partial charge in [-0.1, -0.05) is 0 Å². The third-order valence-electron chi connectivity index (χ3n) is 3.04. The molecule has 1 amide bonds. The highest BCUT2D eigenvalue weighted by atomic mass is 32.1. The van der Waals surface area contributed by atoms with E-state index in [9.17, 15) is 4.79 Å². The molecule has 0 bridgehead atoms. The van der Waals surface area contributed by atoms with Crippen molar-refractivity contribution in [3.05, 3.63) is 22.4 Å². The number of rotatable bonds is 4. The van der Waals surface area contributed by atoms with Crippen molar-refractivity contribution in [1.29, 1.82) is 0 Å². The van der Waals surface area contributed by atoms with Gasteiger partial charge in [0.15, 0.2) is 0 Å². The maximum atomic E-state index is 11.9. The van der Waals surface area contributed by atoms with Crippen LogP contribution in [0.25, 0.3) is 0 Å². The maximum absolute atomic E-state index is 11.9. The minimum absolute atomic E-state index is 0.0109. The second-order valence-electron chi connectivity index (χ2n) is 4.83. The molecule has 0 aromatic carbocycles. The highest BCUT2D eigenvalue weighted by molar-refractivity contribution is 7.07. The van der Waals surface area contributed by atoms with Crippen molar-refractivity contribution in [1.82, 2.24) is 10.2 Å². The number of nitrogens with zero attached hydrogens (tertiary/aromatic N) is 1. The molecule has 1 unspecified atom stereocenters. The van der Waals surface area contributed by atoms with Crippen molar-refractivity contribution in [2.24, 2.45) is 0 Å². The molecule has 1 fully saturated rings. The Morgan fingerprint density at radius 1 is 1.65 bits per heavy atom. The van der Waals surface area contributed by atoms with E-state index in [0.29, 0.717) is 13.1 Å². The Hall–Kier alpha value is -0.910. The zero-order valence-electron chi connectivity index (χ0n) is 10.4. The Labute approximate surface area is 106 Å². The van der Waals surface area contributed by atoms with E-state index < -0.39 is 0 Å². The van der Waals surface area contributed by atoms with E-state index in [1.165, 1.54) is 0 Å². The first-order valence-corrected chi connectivity index (χ1v) is 6.58. The number of carbonyl (C=O) groups excluding carboxylic acids is 1. The maximum Gasteiger partial charge on any atom is 0.238 e. The van der Waals surface area contributed by atoms with Crippen LogP contribution in [-0.4, -0.2) is 36.6 Å². The average molecular weight is 254 g/mol. The van der Waals surface area contributed by atoms with Crippen molar-refractivity contribution in [3.63, 3.8) is 0 Å². The van der Waals surface area contributed by atoms with E-state index >= 15 is 0 Å². The first-order chi connectivity index (χ1) is 8.03. The molecule has 0 saturated carbocycles. The molecular formula is C12H18N2O2S. The predicted octanol–water partition coefficient (Wildman–Crippen LogP) is 1.60. The van der Waals surface area contributed by atoms with Crippen LogP contribution >= 0.6 is 11.3 Å². The highest BCUT2D eigenvalue weighted by Gasteiger charge is 2.35. The van der Waals surface area contributed by atoms with Gasteiger partial charge in [0, 0.05) is 7.11 Å². The van der Waals surface area contributed by atoms with Crippen LogP contribution < -0.4 is 5.32 Å². The van der Waals surface area contributed by atoms with Crippen LogP contribution in [0.4, 0.5) is 0 Å². The van der Waals surface area contributed by atoms with Crippen LogP contribution in [0, 0.1) is 0 Å². The molecule has 2 rings (SSSR count). The van der Waals surface area contributed by atoms with Crippen LogP contribution in [0.15, 0.2) is 16.8 Å². The molecule has 17 heavy (non-hydrogen) atoms. The molecule has 0 aliphatic carbocycles. The molecule has 5 heteroatoms. The van der Waals surface area contributed by atoms with Gasteiger partial charge in [0.2, 0.25) is 5.91 Å². The minimum atomic E-state index is -0.323. The van der Waals surface area contributed by atoms with Gasteiger partial charge >= 0.3 is 0 Å². The van der Waals surface area contributed by atoms with Gasteiger partial charge in [0.1, 0.15) is 6.17 Å². The summed E-state index contributed by atoms with van der Waals surface area (Å²) < 4.78 is 5.39. The molecule has 0 radical (unpaired) electrons. The quantitative estimate of drug-likeness (QED) is 0.887. The number of hydrogen-bond donors (Lipinski definition) is 1. The number of methoxy groups -OCH3 is 1. The molecule has 1 atom stereocenters.